The van der Waals surface area contributed by atoms with E-state index in [1.807, 2.05) is 35.2 Å². The maximum absolute atomic E-state index is 11.8. The van der Waals surface area contributed by atoms with Gasteiger partial charge >= 0.3 is 0 Å². The highest BCUT2D eigenvalue weighted by atomic mass is 16.5. The highest BCUT2D eigenvalue weighted by molar-refractivity contribution is 5.76. The molecule has 1 fully saturated rings. The van der Waals surface area contributed by atoms with Gasteiger partial charge < -0.3 is 20.1 Å². The third kappa shape index (κ3) is 5.73. The largest absolute Gasteiger partial charge is 0.491 e. The van der Waals surface area contributed by atoms with E-state index in [4.69, 9.17) is 4.74 Å². The number of aliphatic hydroxyl groups is 1. The van der Waals surface area contributed by atoms with Gasteiger partial charge in [0, 0.05) is 32.6 Å². The minimum absolute atomic E-state index is 0.204. The Morgan fingerprint density at radius 2 is 2.00 bits per heavy atom. The number of rotatable bonds is 8. The number of likely N-dealkylation sites (tertiary alicyclic amines) is 1. The quantitative estimate of drug-likeness (QED) is 0.703. The van der Waals surface area contributed by atoms with Gasteiger partial charge in [0.2, 0.25) is 5.91 Å². The van der Waals surface area contributed by atoms with Gasteiger partial charge in [-0.25, -0.2) is 0 Å². The van der Waals surface area contributed by atoms with E-state index < -0.39 is 6.10 Å². The van der Waals surface area contributed by atoms with Crippen molar-refractivity contribution in [3.8, 4) is 5.75 Å². The van der Waals surface area contributed by atoms with Crippen molar-refractivity contribution in [3.63, 3.8) is 0 Å². The molecule has 5 heteroatoms. The number of para-hydroxylation sites is 1. The molecular formula is C16H24N2O3. The lowest BCUT2D eigenvalue weighted by Gasteiger charge is -2.16. The van der Waals surface area contributed by atoms with Crippen molar-refractivity contribution in [1.82, 2.24) is 10.2 Å². The van der Waals surface area contributed by atoms with Gasteiger partial charge in [-0.05, 0) is 25.0 Å². The number of nitrogens with one attached hydrogen (secondary N) is 1. The molecule has 2 rings (SSSR count). The fourth-order valence-corrected chi connectivity index (χ4v) is 2.36. The fourth-order valence-electron chi connectivity index (χ4n) is 2.36. The van der Waals surface area contributed by atoms with Gasteiger partial charge in [-0.1, -0.05) is 18.2 Å². The Kier molecular flexibility index (Phi) is 6.50. The Labute approximate surface area is 125 Å². The minimum Gasteiger partial charge on any atom is -0.491 e. The number of nitrogens with zero attached hydrogens (tertiary/aromatic N) is 1. The zero-order chi connectivity index (χ0) is 14.9. The topological polar surface area (TPSA) is 61.8 Å². The highest BCUT2D eigenvalue weighted by Gasteiger charge is 2.17. The van der Waals surface area contributed by atoms with Crippen LogP contribution in [-0.2, 0) is 4.79 Å². The van der Waals surface area contributed by atoms with E-state index in [0.717, 1.165) is 31.7 Å². The van der Waals surface area contributed by atoms with Gasteiger partial charge in [0.15, 0.2) is 0 Å². The molecule has 1 amide bonds. The van der Waals surface area contributed by atoms with Crippen LogP contribution in [0, 0.1) is 0 Å². The fraction of sp³-hybridized carbons (Fsp3) is 0.562. The molecule has 21 heavy (non-hydrogen) atoms. The van der Waals surface area contributed by atoms with E-state index in [1.165, 1.54) is 0 Å². The summed E-state index contributed by atoms with van der Waals surface area (Å²) in [5.74, 6) is 0.954. The second-order valence-electron chi connectivity index (χ2n) is 5.32. The molecule has 0 radical (unpaired) electrons. The second kappa shape index (κ2) is 8.64. The number of hydrogen-bond acceptors (Lipinski definition) is 4. The van der Waals surface area contributed by atoms with E-state index >= 15 is 0 Å². The Bertz CT molecular complexity index is 419. The molecule has 2 N–H and O–H groups in total. The first-order valence-corrected chi connectivity index (χ1v) is 7.60. The average molecular weight is 292 g/mol. The van der Waals surface area contributed by atoms with Gasteiger partial charge in [-0.15, -0.1) is 0 Å². The first-order chi connectivity index (χ1) is 10.3. The van der Waals surface area contributed by atoms with Gasteiger partial charge in [0.05, 0.1) is 0 Å². The third-order valence-electron chi connectivity index (χ3n) is 3.54. The lowest BCUT2D eigenvalue weighted by Crippen LogP contribution is -2.35. The van der Waals surface area contributed by atoms with Gasteiger partial charge in [-0.2, -0.15) is 0 Å². The molecule has 1 aromatic rings. The second-order valence-corrected chi connectivity index (χ2v) is 5.32. The van der Waals surface area contributed by atoms with Crippen LogP contribution in [0.2, 0.25) is 0 Å². The molecule has 0 saturated carbocycles. The van der Waals surface area contributed by atoms with Gasteiger partial charge in [-0.3, -0.25) is 4.79 Å². The van der Waals surface area contributed by atoms with Crippen LogP contribution < -0.4 is 10.1 Å². The smallest absolute Gasteiger partial charge is 0.223 e. The van der Waals surface area contributed by atoms with Crippen LogP contribution in [0.1, 0.15) is 19.3 Å². The molecule has 116 valence electrons. The zero-order valence-corrected chi connectivity index (χ0v) is 12.3. The summed E-state index contributed by atoms with van der Waals surface area (Å²) in [7, 11) is 0. The Balaban J connectivity index is 1.52. The van der Waals surface area contributed by atoms with Crippen molar-refractivity contribution in [3.05, 3.63) is 30.3 Å². The summed E-state index contributed by atoms with van der Waals surface area (Å²) >= 11 is 0. The number of ether oxygens (including phenoxy) is 1. The van der Waals surface area contributed by atoms with E-state index in [1.54, 1.807) is 0 Å². The molecule has 1 heterocycles. The van der Waals surface area contributed by atoms with Crippen LogP contribution in [0.5, 0.6) is 5.75 Å². The Hall–Kier alpha value is -1.59. The van der Waals surface area contributed by atoms with Crippen LogP contribution in [-0.4, -0.2) is 54.8 Å². The normalized spacial score (nSPS) is 16.0. The van der Waals surface area contributed by atoms with Gasteiger partial charge in [0.1, 0.15) is 18.5 Å². The van der Waals surface area contributed by atoms with Crippen LogP contribution in [0.4, 0.5) is 0 Å². The monoisotopic (exact) mass is 292 g/mol. The summed E-state index contributed by atoms with van der Waals surface area (Å²) in [6.07, 6.45) is 2.16. The third-order valence-corrected chi connectivity index (χ3v) is 3.54. The highest BCUT2D eigenvalue weighted by Crippen LogP contribution is 2.09. The minimum atomic E-state index is -0.577. The number of benzene rings is 1. The lowest BCUT2D eigenvalue weighted by atomic mass is 10.3. The first-order valence-electron chi connectivity index (χ1n) is 7.60. The number of hydrogen-bond donors (Lipinski definition) is 2. The molecule has 1 saturated heterocycles. The number of carbonyl (C=O) groups excluding carboxylic acids is 1. The molecule has 5 nitrogen and oxygen atoms in total. The maximum Gasteiger partial charge on any atom is 0.223 e. The summed E-state index contributed by atoms with van der Waals surface area (Å²) in [5, 5.41) is 12.9. The van der Waals surface area contributed by atoms with Crippen molar-refractivity contribution in [2.45, 2.75) is 25.4 Å². The molecule has 1 aromatic carbocycles. The molecule has 1 unspecified atom stereocenters. The lowest BCUT2D eigenvalue weighted by molar-refractivity contribution is -0.130. The zero-order valence-electron chi connectivity index (χ0n) is 12.3. The number of amides is 1. The molecular weight excluding hydrogens is 268 g/mol. The van der Waals surface area contributed by atoms with Gasteiger partial charge in [0.25, 0.3) is 0 Å². The first kappa shape index (κ1) is 15.8. The Morgan fingerprint density at radius 1 is 1.29 bits per heavy atom. The van der Waals surface area contributed by atoms with Crippen LogP contribution in [0.15, 0.2) is 30.3 Å². The van der Waals surface area contributed by atoms with Crippen molar-refractivity contribution >= 4 is 5.91 Å². The molecule has 0 aliphatic carbocycles. The van der Waals surface area contributed by atoms with Crippen molar-refractivity contribution in [1.29, 1.82) is 0 Å². The predicted molar refractivity (Wildman–Crippen MR) is 81.2 cm³/mol. The SMILES string of the molecule is O=C(CCNCC(O)COc1ccccc1)N1CCCC1. The average Bonchev–Trinajstić information content (AvgIpc) is 3.05. The maximum atomic E-state index is 11.8. The summed E-state index contributed by atoms with van der Waals surface area (Å²) in [4.78, 5) is 13.7. The van der Waals surface area contributed by atoms with Crippen LogP contribution >= 0.6 is 0 Å². The van der Waals surface area contributed by atoms with E-state index in [2.05, 4.69) is 5.32 Å². The van der Waals surface area contributed by atoms with E-state index in [9.17, 15) is 9.90 Å². The van der Waals surface area contributed by atoms with E-state index in [-0.39, 0.29) is 12.5 Å². The Morgan fingerprint density at radius 3 is 2.71 bits per heavy atom. The predicted octanol–water partition coefficient (Wildman–Crippen LogP) is 1.03. The van der Waals surface area contributed by atoms with E-state index in [0.29, 0.717) is 19.5 Å². The standard InChI is InChI=1S/C16H24N2O3/c19-14(13-21-15-6-2-1-3-7-15)12-17-9-8-16(20)18-10-4-5-11-18/h1-3,6-7,14,17,19H,4-5,8-13H2. The molecule has 0 aromatic heterocycles. The van der Waals surface area contributed by atoms with Crippen molar-refractivity contribution < 1.29 is 14.6 Å². The van der Waals surface area contributed by atoms with Crippen molar-refractivity contribution in [2.75, 3.05) is 32.8 Å². The molecule has 1 atom stereocenters. The summed E-state index contributed by atoms with van der Waals surface area (Å²) in [6.45, 7) is 3.06. The van der Waals surface area contributed by atoms with Crippen molar-refractivity contribution in [2.24, 2.45) is 0 Å². The molecule has 1 aliphatic heterocycles. The van der Waals surface area contributed by atoms with Crippen LogP contribution in [0.25, 0.3) is 0 Å². The molecule has 0 spiro atoms. The van der Waals surface area contributed by atoms with Crippen LogP contribution in [0.3, 0.4) is 0 Å². The summed E-state index contributed by atoms with van der Waals surface area (Å²) in [6, 6.07) is 9.42. The molecule has 0 bridgehead atoms. The number of carbonyl (C=O) groups is 1. The summed E-state index contributed by atoms with van der Waals surface area (Å²) < 4.78 is 5.46. The molecule has 1 aliphatic rings. The summed E-state index contributed by atoms with van der Waals surface area (Å²) in [5.41, 5.74) is 0. The number of aliphatic hydroxyl groups excluding tert-OH is 1.